The van der Waals surface area contributed by atoms with Gasteiger partial charge in [-0.2, -0.15) is 0 Å². The Morgan fingerprint density at radius 2 is 1.79 bits per heavy atom. The van der Waals surface area contributed by atoms with E-state index in [1.807, 2.05) is 13.8 Å². The third kappa shape index (κ3) is 4.09. The highest BCUT2D eigenvalue weighted by Gasteiger charge is 2.15. The summed E-state index contributed by atoms with van der Waals surface area (Å²) in [6.45, 7) is 6.37. The average Bonchev–Trinajstić information content (AvgIpc) is 2.44. The molecule has 0 saturated heterocycles. The second kappa shape index (κ2) is 7.56. The zero-order valence-corrected chi connectivity index (χ0v) is 11.7. The Bertz CT molecular complexity index is 451. The average molecular weight is 264 g/mol. The van der Waals surface area contributed by atoms with Gasteiger partial charge in [0.2, 0.25) is 0 Å². The summed E-state index contributed by atoms with van der Waals surface area (Å²) < 4.78 is 10.1. The molecule has 104 valence electrons. The standard InChI is InChI=1S/C15H20O4/c1-4-9-19-14(16)12-7-8-13(11(5-2)10-12)15(17)18-6-3/h7-8,10H,4-6,9H2,1-3H3. The Hall–Kier alpha value is -1.84. The van der Waals surface area contributed by atoms with Crippen LogP contribution in [0, 0.1) is 0 Å². The minimum atomic E-state index is -0.355. The summed E-state index contributed by atoms with van der Waals surface area (Å²) in [5.41, 5.74) is 1.78. The second-order valence-electron chi connectivity index (χ2n) is 4.08. The van der Waals surface area contributed by atoms with Gasteiger partial charge in [-0.25, -0.2) is 9.59 Å². The molecule has 19 heavy (non-hydrogen) atoms. The Morgan fingerprint density at radius 1 is 1.05 bits per heavy atom. The zero-order chi connectivity index (χ0) is 14.3. The molecule has 4 nitrogen and oxygen atoms in total. The predicted octanol–water partition coefficient (Wildman–Crippen LogP) is 2.99. The lowest BCUT2D eigenvalue weighted by molar-refractivity contribution is 0.0497. The van der Waals surface area contributed by atoms with Gasteiger partial charge in [-0.1, -0.05) is 13.8 Å². The van der Waals surface area contributed by atoms with Gasteiger partial charge in [0, 0.05) is 0 Å². The molecular formula is C15H20O4. The van der Waals surface area contributed by atoms with Gasteiger partial charge >= 0.3 is 11.9 Å². The Balaban J connectivity index is 2.95. The van der Waals surface area contributed by atoms with Crippen LogP contribution in [0.15, 0.2) is 18.2 Å². The van der Waals surface area contributed by atoms with Crippen LogP contribution >= 0.6 is 0 Å². The van der Waals surface area contributed by atoms with Crippen molar-refractivity contribution in [3.05, 3.63) is 34.9 Å². The molecule has 0 unspecified atom stereocenters. The van der Waals surface area contributed by atoms with E-state index in [9.17, 15) is 9.59 Å². The predicted molar refractivity (Wildman–Crippen MR) is 72.4 cm³/mol. The Labute approximate surface area is 113 Å². The number of esters is 2. The third-order valence-corrected chi connectivity index (χ3v) is 2.65. The molecule has 0 aromatic heterocycles. The lowest BCUT2D eigenvalue weighted by Gasteiger charge is -2.09. The summed E-state index contributed by atoms with van der Waals surface area (Å²) in [4.78, 5) is 23.5. The van der Waals surface area contributed by atoms with Crippen LogP contribution in [0.4, 0.5) is 0 Å². The van der Waals surface area contributed by atoms with Crippen molar-refractivity contribution in [2.24, 2.45) is 0 Å². The Morgan fingerprint density at radius 3 is 2.37 bits per heavy atom. The number of rotatable bonds is 6. The van der Waals surface area contributed by atoms with Gasteiger partial charge in [-0.15, -0.1) is 0 Å². The molecule has 0 N–H and O–H groups in total. The maximum absolute atomic E-state index is 11.7. The molecule has 0 heterocycles. The number of ether oxygens (including phenoxy) is 2. The normalized spacial score (nSPS) is 10.1. The summed E-state index contributed by atoms with van der Waals surface area (Å²) in [6.07, 6.45) is 1.44. The molecule has 0 spiro atoms. The van der Waals surface area contributed by atoms with E-state index in [0.29, 0.717) is 30.8 Å². The largest absolute Gasteiger partial charge is 0.462 e. The van der Waals surface area contributed by atoms with E-state index in [2.05, 4.69) is 0 Å². The maximum atomic E-state index is 11.7. The van der Waals surface area contributed by atoms with Crippen molar-refractivity contribution in [1.29, 1.82) is 0 Å². The van der Waals surface area contributed by atoms with Crippen molar-refractivity contribution in [2.45, 2.75) is 33.6 Å². The topological polar surface area (TPSA) is 52.6 Å². The summed E-state index contributed by atoms with van der Waals surface area (Å²) in [6, 6.07) is 4.92. The summed E-state index contributed by atoms with van der Waals surface area (Å²) >= 11 is 0. The van der Waals surface area contributed by atoms with Crippen molar-refractivity contribution >= 4 is 11.9 Å². The highest BCUT2D eigenvalue weighted by atomic mass is 16.5. The van der Waals surface area contributed by atoms with Crippen LogP contribution in [-0.4, -0.2) is 25.2 Å². The van der Waals surface area contributed by atoms with Crippen molar-refractivity contribution in [3.63, 3.8) is 0 Å². The highest BCUT2D eigenvalue weighted by Crippen LogP contribution is 2.15. The van der Waals surface area contributed by atoms with Gasteiger partial charge in [0.05, 0.1) is 24.3 Å². The molecule has 4 heteroatoms. The van der Waals surface area contributed by atoms with Gasteiger partial charge in [-0.05, 0) is 43.5 Å². The number of carbonyl (C=O) groups excluding carboxylic acids is 2. The molecule has 0 fully saturated rings. The minimum absolute atomic E-state index is 0.336. The first kappa shape index (κ1) is 15.2. The fourth-order valence-electron chi connectivity index (χ4n) is 1.70. The van der Waals surface area contributed by atoms with E-state index in [0.717, 1.165) is 12.0 Å². The van der Waals surface area contributed by atoms with Crippen molar-refractivity contribution in [3.8, 4) is 0 Å². The molecule has 1 aromatic rings. The van der Waals surface area contributed by atoms with Crippen molar-refractivity contribution in [2.75, 3.05) is 13.2 Å². The third-order valence-electron chi connectivity index (χ3n) is 2.65. The smallest absolute Gasteiger partial charge is 0.338 e. The highest BCUT2D eigenvalue weighted by molar-refractivity contribution is 5.94. The minimum Gasteiger partial charge on any atom is -0.462 e. The van der Waals surface area contributed by atoms with Crippen molar-refractivity contribution in [1.82, 2.24) is 0 Å². The van der Waals surface area contributed by atoms with E-state index < -0.39 is 0 Å². The van der Waals surface area contributed by atoms with E-state index in [1.54, 1.807) is 25.1 Å². The lowest BCUT2D eigenvalue weighted by atomic mass is 10.0. The monoisotopic (exact) mass is 264 g/mol. The maximum Gasteiger partial charge on any atom is 0.338 e. The summed E-state index contributed by atoms with van der Waals surface area (Å²) in [7, 11) is 0. The molecule has 0 saturated carbocycles. The fraction of sp³-hybridized carbons (Fsp3) is 0.467. The van der Waals surface area contributed by atoms with Crippen molar-refractivity contribution < 1.29 is 19.1 Å². The lowest BCUT2D eigenvalue weighted by Crippen LogP contribution is -2.11. The van der Waals surface area contributed by atoms with Crippen LogP contribution in [0.5, 0.6) is 0 Å². The first-order chi connectivity index (χ1) is 9.13. The number of benzene rings is 1. The molecule has 1 aromatic carbocycles. The number of hydrogen-bond donors (Lipinski definition) is 0. The molecular weight excluding hydrogens is 244 g/mol. The van der Waals surface area contributed by atoms with E-state index in [-0.39, 0.29) is 11.9 Å². The fourth-order valence-corrected chi connectivity index (χ4v) is 1.70. The molecule has 0 radical (unpaired) electrons. The Kier molecular flexibility index (Phi) is 6.06. The van der Waals surface area contributed by atoms with E-state index >= 15 is 0 Å². The van der Waals surface area contributed by atoms with Crippen LogP contribution in [0.3, 0.4) is 0 Å². The van der Waals surface area contributed by atoms with E-state index in [4.69, 9.17) is 9.47 Å². The van der Waals surface area contributed by atoms with Gasteiger partial charge in [0.25, 0.3) is 0 Å². The molecule has 0 aliphatic carbocycles. The summed E-state index contributed by atoms with van der Waals surface area (Å²) in [5, 5.41) is 0. The summed E-state index contributed by atoms with van der Waals surface area (Å²) in [5.74, 6) is -0.709. The van der Waals surface area contributed by atoms with Crippen LogP contribution < -0.4 is 0 Å². The second-order valence-corrected chi connectivity index (χ2v) is 4.08. The SMILES string of the molecule is CCCOC(=O)c1ccc(C(=O)OCC)c(CC)c1. The van der Waals surface area contributed by atoms with Crippen LogP contribution in [0.25, 0.3) is 0 Å². The zero-order valence-electron chi connectivity index (χ0n) is 11.7. The molecule has 0 amide bonds. The van der Waals surface area contributed by atoms with Crippen LogP contribution in [0.2, 0.25) is 0 Å². The van der Waals surface area contributed by atoms with Crippen LogP contribution in [0.1, 0.15) is 53.5 Å². The molecule has 0 bridgehead atoms. The van der Waals surface area contributed by atoms with Gasteiger partial charge in [0.1, 0.15) is 0 Å². The number of aryl methyl sites for hydroxylation is 1. The van der Waals surface area contributed by atoms with Crippen LogP contribution in [-0.2, 0) is 15.9 Å². The quantitative estimate of drug-likeness (QED) is 0.741. The first-order valence-corrected chi connectivity index (χ1v) is 6.61. The van der Waals surface area contributed by atoms with E-state index in [1.165, 1.54) is 0 Å². The number of carbonyl (C=O) groups is 2. The van der Waals surface area contributed by atoms with Gasteiger partial charge < -0.3 is 9.47 Å². The molecule has 0 aliphatic rings. The van der Waals surface area contributed by atoms with Gasteiger partial charge in [0.15, 0.2) is 0 Å². The first-order valence-electron chi connectivity index (χ1n) is 6.61. The van der Waals surface area contributed by atoms with Gasteiger partial charge in [-0.3, -0.25) is 0 Å². The molecule has 0 aliphatic heterocycles. The number of hydrogen-bond acceptors (Lipinski definition) is 4. The molecule has 0 atom stereocenters. The molecule has 1 rings (SSSR count).